The van der Waals surface area contributed by atoms with Gasteiger partial charge in [-0.15, -0.1) is 11.3 Å². The zero-order valence-corrected chi connectivity index (χ0v) is 14.9. The highest BCUT2D eigenvalue weighted by molar-refractivity contribution is 8.14. The number of thiazole rings is 1. The van der Waals surface area contributed by atoms with Crippen molar-refractivity contribution in [2.75, 3.05) is 0 Å². The van der Waals surface area contributed by atoms with Crippen LogP contribution in [-0.2, 0) is 15.2 Å². The van der Waals surface area contributed by atoms with E-state index >= 15 is 0 Å². The van der Waals surface area contributed by atoms with Crippen LogP contribution in [-0.4, -0.2) is 18.7 Å². The molecule has 1 aromatic heterocycles. The molecule has 0 amide bonds. The predicted molar refractivity (Wildman–Crippen MR) is 92.8 cm³/mol. The molecule has 3 nitrogen and oxygen atoms in total. The minimum absolute atomic E-state index is 0.257. The number of nitrogens with zero attached hydrogens (tertiary/aromatic N) is 1. The van der Waals surface area contributed by atoms with Gasteiger partial charge in [0, 0.05) is 27.2 Å². The van der Waals surface area contributed by atoms with Crippen molar-refractivity contribution in [3.05, 3.63) is 58.4 Å². The summed E-state index contributed by atoms with van der Waals surface area (Å²) in [7, 11) is 1.68. The number of hydrogen-bond donors (Lipinski definition) is 0. The van der Waals surface area contributed by atoms with E-state index in [9.17, 15) is 21.6 Å². The minimum Gasteiger partial charge on any atom is -0.236 e. The first-order chi connectivity index (χ1) is 11.6. The topological polar surface area (TPSA) is 47.0 Å². The standard InChI is InChI=1S/C16H11ClF3NO2S2/c17-25(22,23)13-7-3-11(4-8-13)15-21-14(9-24-15)10-1-5-12(6-2-10)16(18,19)20/h1-7,9,13H,8H2. The molecule has 0 aliphatic heterocycles. The molecule has 0 bridgehead atoms. The van der Waals surface area contributed by atoms with Crippen molar-refractivity contribution in [1.29, 1.82) is 0 Å². The fraction of sp³-hybridized carbons (Fsp3) is 0.188. The molecular formula is C16H11ClF3NO2S2. The summed E-state index contributed by atoms with van der Waals surface area (Å²) in [5.74, 6) is 0. The van der Waals surface area contributed by atoms with E-state index in [4.69, 9.17) is 10.7 Å². The van der Waals surface area contributed by atoms with Crippen LogP contribution in [0, 0.1) is 0 Å². The van der Waals surface area contributed by atoms with Gasteiger partial charge in [-0.2, -0.15) is 13.2 Å². The van der Waals surface area contributed by atoms with Crippen LogP contribution in [0.4, 0.5) is 13.2 Å². The zero-order chi connectivity index (χ0) is 18.2. The molecule has 9 heteroatoms. The maximum Gasteiger partial charge on any atom is 0.416 e. The van der Waals surface area contributed by atoms with Crippen molar-refractivity contribution < 1.29 is 21.6 Å². The van der Waals surface area contributed by atoms with E-state index in [-0.39, 0.29) is 6.42 Å². The van der Waals surface area contributed by atoms with Crippen molar-refractivity contribution in [3.63, 3.8) is 0 Å². The monoisotopic (exact) mass is 405 g/mol. The Bertz CT molecular complexity index is 945. The summed E-state index contributed by atoms with van der Waals surface area (Å²) in [5, 5.41) is 1.65. The molecule has 0 saturated heterocycles. The van der Waals surface area contributed by atoms with Gasteiger partial charge in [-0.1, -0.05) is 30.4 Å². The lowest BCUT2D eigenvalue weighted by atomic mass is 10.1. The molecule has 0 saturated carbocycles. The lowest BCUT2D eigenvalue weighted by Crippen LogP contribution is -2.14. The molecule has 1 aliphatic rings. The summed E-state index contributed by atoms with van der Waals surface area (Å²) < 4.78 is 60.4. The Hall–Kier alpha value is -1.64. The van der Waals surface area contributed by atoms with Crippen LogP contribution < -0.4 is 0 Å². The van der Waals surface area contributed by atoms with E-state index in [2.05, 4.69) is 4.98 Å². The highest BCUT2D eigenvalue weighted by Crippen LogP contribution is 2.33. The minimum atomic E-state index is -4.37. The number of aromatic nitrogens is 1. The molecule has 0 fully saturated rings. The smallest absolute Gasteiger partial charge is 0.236 e. The van der Waals surface area contributed by atoms with Gasteiger partial charge in [-0.25, -0.2) is 13.4 Å². The summed E-state index contributed by atoms with van der Waals surface area (Å²) >= 11 is 1.33. The second-order valence-electron chi connectivity index (χ2n) is 5.38. The maximum atomic E-state index is 12.6. The van der Waals surface area contributed by atoms with E-state index in [1.165, 1.54) is 29.5 Å². The van der Waals surface area contributed by atoms with Crippen LogP contribution in [0.5, 0.6) is 0 Å². The van der Waals surface area contributed by atoms with Crippen LogP contribution in [0.25, 0.3) is 16.8 Å². The Balaban J connectivity index is 1.80. The third-order valence-electron chi connectivity index (χ3n) is 3.68. The number of hydrogen-bond acceptors (Lipinski definition) is 4. The molecule has 1 atom stereocenters. The molecule has 25 heavy (non-hydrogen) atoms. The summed E-state index contributed by atoms with van der Waals surface area (Å²) in [6.45, 7) is 0. The number of alkyl halides is 3. The van der Waals surface area contributed by atoms with Crippen molar-refractivity contribution in [3.8, 4) is 11.3 Å². The van der Waals surface area contributed by atoms with Crippen LogP contribution in [0.15, 0.2) is 47.9 Å². The Morgan fingerprint density at radius 2 is 1.88 bits per heavy atom. The molecule has 132 valence electrons. The summed E-state index contributed by atoms with van der Waals surface area (Å²) in [5.41, 5.74) is 1.20. The molecule has 1 aromatic carbocycles. The SMILES string of the molecule is O=S(=O)(Cl)C1C=CC(c2nc(-c3ccc(C(F)(F)F)cc3)cs2)=CC1. The van der Waals surface area contributed by atoms with Gasteiger partial charge in [-0.3, -0.25) is 0 Å². The Morgan fingerprint density at radius 3 is 2.40 bits per heavy atom. The van der Waals surface area contributed by atoms with Crippen LogP contribution in [0.1, 0.15) is 17.0 Å². The second kappa shape index (κ2) is 6.59. The third kappa shape index (κ3) is 4.13. The molecule has 0 N–H and O–H groups in total. The van der Waals surface area contributed by atoms with Gasteiger partial charge in [-0.05, 0) is 18.6 Å². The second-order valence-corrected chi connectivity index (χ2v) is 9.09. The molecule has 1 aliphatic carbocycles. The number of benzene rings is 1. The Labute approximate surface area is 150 Å². The van der Waals surface area contributed by atoms with Gasteiger partial charge < -0.3 is 0 Å². The number of rotatable bonds is 3. The number of halogens is 4. The first kappa shape index (κ1) is 18.2. The summed E-state index contributed by atoms with van der Waals surface area (Å²) in [6, 6.07) is 4.79. The molecule has 1 unspecified atom stereocenters. The highest BCUT2D eigenvalue weighted by atomic mass is 35.7. The lowest BCUT2D eigenvalue weighted by Gasteiger charge is -2.11. The first-order valence-corrected chi connectivity index (χ1v) is 10.4. The summed E-state index contributed by atoms with van der Waals surface area (Å²) in [6.07, 6.45) is 0.774. The van der Waals surface area contributed by atoms with Crippen LogP contribution >= 0.6 is 22.0 Å². The highest BCUT2D eigenvalue weighted by Gasteiger charge is 2.30. The Morgan fingerprint density at radius 1 is 1.20 bits per heavy atom. The van der Waals surface area contributed by atoms with Gasteiger partial charge in [0.25, 0.3) is 0 Å². The fourth-order valence-electron chi connectivity index (χ4n) is 2.34. The van der Waals surface area contributed by atoms with E-state index < -0.39 is 26.0 Å². The maximum absolute atomic E-state index is 12.6. The molecule has 1 heterocycles. The Kier molecular flexibility index (Phi) is 4.78. The molecule has 3 rings (SSSR count). The van der Waals surface area contributed by atoms with E-state index in [0.717, 1.165) is 17.7 Å². The van der Waals surface area contributed by atoms with Crippen molar-refractivity contribution >= 4 is 36.6 Å². The molecule has 0 radical (unpaired) electrons. The molecule has 0 spiro atoms. The largest absolute Gasteiger partial charge is 0.416 e. The van der Waals surface area contributed by atoms with Crippen molar-refractivity contribution in [2.45, 2.75) is 17.8 Å². The van der Waals surface area contributed by atoms with Gasteiger partial charge in [0.05, 0.1) is 16.5 Å². The quantitative estimate of drug-likeness (QED) is 0.667. The van der Waals surface area contributed by atoms with Crippen molar-refractivity contribution in [1.82, 2.24) is 4.98 Å². The van der Waals surface area contributed by atoms with Crippen molar-refractivity contribution in [2.24, 2.45) is 0 Å². The first-order valence-electron chi connectivity index (χ1n) is 7.10. The fourth-order valence-corrected chi connectivity index (χ4v) is 4.18. The number of allylic oxidation sites excluding steroid dienone is 3. The average Bonchev–Trinajstić information content (AvgIpc) is 3.03. The normalized spacial score (nSPS) is 18.2. The lowest BCUT2D eigenvalue weighted by molar-refractivity contribution is -0.137. The van der Waals surface area contributed by atoms with E-state index in [0.29, 0.717) is 16.3 Å². The predicted octanol–water partition coefficient (Wildman–Crippen LogP) is 5.11. The van der Waals surface area contributed by atoms with Gasteiger partial charge in [0.2, 0.25) is 9.05 Å². The van der Waals surface area contributed by atoms with E-state index in [1.807, 2.05) is 0 Å². The van der Waals surface area contributed by atoms with Crippen LogP contribution in [0.3, 0.4) is 0 Å². The summed E-state index contributed by atoms with van der Waals surface area (Å²) in [4.78, 5) is 4.42. The zero-order valence-electron chi connectivity index (χ0n) is 12.5. The van der Waals surface area contributed by atoms with Gasteiger partial charge >= 0.3 is 6.18 Å². The van der Waals surface area contributed by atoms with Gasteiger partial charge in [0.15, 0.2) is 0 Å². The van der Waals surface area contributed by atoms with Crippen LogP contribution in [0.2, 0.25) is 0 Å². The van der Waals surface area contributed by atoms with E-state index in [1.54, 1.807) is 17.5 Å². The third-order valence-corrected chi connectivity index (χ3v) is 6.33. The molecular weight excluding hydrogens is 395 g/mol. The van der Waals surface area contributed by atoms with Gasteiger partial charge in [0.1, 0.15) is 5.01 Å². The molecule has 2 aromatic rings. The average molecular weight is 406 g/mol.